The second kappa shape index (κ2) is 5.74. The highest BCUT2D eigenvalue weighted by atomic mass is 15.1. The molecule has 0 amide bonds. The molecule has 0 aliphatic heterocycles. The number of hydrogen-bond acceptors (Lipinski definition) is 2. The SMILES string of the molecule is CCCNC(C)c1nc2cc(C)ccc2n1C(C)C. The second-order valence-electron chi connectivity index (χ2n) is 5.60. The Morgan fingerprint density at radius 3 is 2.63 bits per heavy atom. The van der Waals surface area contributed by atoms with Gasteiger partial charge in [0.25, 0.3) is 0 Å². The van der Waals surface area contributed by atoms with Crippen LogP contribution in [0.5, 0.6) is 0 Å². The molecule has 2 rings (SSSR count). The summed E-state index contributed by atoms with van der Waals surface area (Å²) < 4.78 is 2.35. The van der Waals surface area contributed by atoms with Crippen molar-refractivity contribution in [2.45, 2.75) is 53.1 Å². The summed E-state index contributed by atoms with van der Waals surface area (Å²) in [5.41, 5.74) is 3.61. The Hall–Kier alpha value is -1.35. The van der Waals surface area contributed by atoms with Gasteiger partial charge in [-0.15, -0.1) is 0 Å². The second-order valence-corrected chi connectivity index (χ2v) is 5.60. The molecule has 104 valence electrons. The highest BCUT2D eigenvalue weighted by molar-refractivity contribution is 5.77. The molecular weight excluding hydrogens is 234 g/mol. The third-order valence-electron chi connectivity index (χ3n) is 3.48. The molecule has 1 aromatic heterocycles. The smallest absolute Gasteiger partial charge is 0.127 e. The van der Waals surface area contributed by atoms with Crippen LogP contribution in [0.3, 0.4) is 0 Å². The van der Waals surface area contributed by atoms with E-state index in [0.717, 1.165) is 24.3 Å². The van der Waals surface area contributed by atoms with Crippen LogP contribution in [-0.2, 0) is 0 Å². The van der Waals surface area contributed by atoms with Crippen molar-refractivity contribution in [3.8, 4) is 0 Å². The van der Waals surface area contributed by atoms with Crippen LogP contribution in [-0.4, -0.2) is 16.1 Å². The summed E-state index contributed by atoms with van der Waals surface area (Å²) in [4.78, 5) is 4.85. The highest BCUT2D eigenvalue weighted by Gasteiger charge is 2.17. The first kappa shape index (κ1) is 14.1. The zero-order chi connectivity index (χ0) is 14.0. The summed E-state index contributed by atoms with van der Waals surface area (Å²) in [5, 5.41) is 3.54. The average Bonchev–Trinajstić information content (AvgIpc) is 2.74. The molecule has 0 saturated heterocycles. The molecule has 0 saturated carbocycles. The third-order valence-corrected chi connectivity index (χ3v) is 3.48. The average molecular weight is 259 g/mol. The number of fused-ring (bicyclic) bond motifs is 1. The first-order valence-corrected chi connectivity index (χ1v) is 7.26. The maximum atomic E-state index is 4.85. The minimum Gasteiger partial charge on any atom is -0.324 e. The van der Waals surface area contributed by atoms with Gasteiger partial charge in [-0.3, -0.25) is 0 Å². The zero-order valence-electron chi connectivity index (χ0n) is 12.7. The predicted octanol–water partition coefficient (Wildman–Crippen LogP) is 3.99. The molecule has 2 aromatic rings. The van der Waals surface area contributed by atoms with Gasteiger partial charge < -0.3 is 9.88 Å². The van der Waals surface area contributed by atoms with E-state index in [9.17, 15) is 0 Å². The Labute approximate surface area is 116 Å². The number of nitrogens with zero attached hydrogens (tertiary/aromatic N) is 2. The molecule has 1 aromatic carbocycles. The van der Waals surface area contributed by atoms with E-state index < -0.39 is 0 Å². The Morgan fingerprint density at radius 2 is 2.00 bits per heavy atom. The van der Waals surface area contributed by atoms with Crippen molar-refractivity contribution >= 4 is 11.0 Å². The Balaban J connectivity index is 2.49. The molecule has 3 nitrogen and oxygen atoms in total. The van der Waals surface area contributed by atoms with Crippen molar-refractivity contribution in [2.75, 3.05) is 6.54 Å². The van der Waals surface area contributed by atoms with E-state index >= 15 is 0 Å². The number of nitrogens with one attached hydrogen (secondary N) is 1. The first-order chi connectivity index (χ1) is 9.04. The van der Waals surface area contributed by atoms with Gasteiger partial charge in [0, 0.05) is 6.04 Å². The molecule has 0 spiro atoms. The van der Waals surface area contributed by atoms with E-state index in [2.05, 4.69) is 62.7 Å². The first-order valence-electron chi connectivity index (χ1n) is 7.26. The summed E-state index contributed by atoms with van der Waals surface area (Å²) in [6.45, 7) is 12.0. The van der Waals surface area contributed by atoms with Gasteiger partial charge in [0.15, 0.2) is 0 Å². The number of imidazole rings is 1. The van der Waals surface area contributed by atoms with Crippen molar-refractivity contribution in [3.05, 3.63) is 29.6 Å². The number of aryl methyl sites for hydroxylation is 1. The number of hydrogen-bond donors (Lipinski definition) is 1. The fourth-order valence-electron chi connectivity index (χ4n) is 2.53. The fourth-order valence-corrected chi connectivity index (χ4v) is 2.53. The molecule has 1 unspecified atom stereocenters. The van der Waals surface area contributed by atoms with E-state index in [4.69, 9.17) is 4.98 Å². The van der Waals surface area contributed by atoms with Crippen LogP contribution in [0.2, 0.25) is 0 Å². The van der Waals surface area contributed by atoms with Crippen LogP contribution in [0.15, 0.2) is 18.2 Å². The van der Waals surface area contributed by atoms with E-state index in [1.54, 1.807) is 0 Å². The van der Waals surface area contributed by atoms with Crippen LogP contribution in [0.1, 0.15) is 57.6 Å². The molecule has 1 N–H and O–H groups in total. The minimum atomic E-state index is 0.287. The van der Waals surface area contributed by atoms with Gasteiger partial charge in [0.05, 0.1) is 17.1 Å². The quantitative estimate of drug-likeness (QED) is 0.880. The van der Waals surface area contributed by atoms with Gasteiger partial charge >= 0.3 is 0 Å². The summed E-state index contributed by atoms with van der Waals surface area (Å²) in [6, 6.07) is 7.23. The van der Waals surface area contributed by atoms with Gasteiger partial charge in [-0.1, -0.05) is 13.0 Å². The molecule has 0 aliphatic rings. The Kier molecular flexibility index (Phi) is 4.25. The van der Waals surface area contributed by atoms with Crippen LogP contribution in [0, 0.1) is 6.92 Å². The maximum absolute atomic E-state index is 4.85. The minimum absolute atomic E-state index is 0.287. The molecular formula is C16H25N3. The molecule has 0 bridgehead atoms. The van der Waals surface area contributed by atoms with Crippen LogP contribution < -0.4 is 5.32 Å². The van der Waals surface area contributed by atoms with Gasteiger partial charge in [0.2, 0.25) is 0 Å². The summed E-state index contributed by atoms with van der Waals surface area (Å²) in [7, 11) is 0. The number of rotatable bonds is 5. The lowest BCUT2D eigenvalue weighted by atomic mass is 10.2. The third kappa shape index (κ3) is 2.81. The fraction of sp³-hybridized carbons (Fsp3) is 0.562. The lowest BCUT2D eigenvalue weighted by molar-refractivity contribution is 0.492. The van der Waals surface area contributed by atoms with Crippen LogP contribution in [0.25, 0.3) is 11.0 Å². The lowest BCUT2D eigenvalue weighted by Crippen LogP contribution is -2.23. The van der Waals surface area contributed by atoms with E-state index in [1.165, 1.54) is 11.1 Å². The number of aromatic nitrogens is 2. The molecule has 0 aliphatic carbocycles. The summed E-state index contributed by atoms with van der Waals surface area (Å²) in [6.07, 6.45) is 1.14. The normalized spacial score (nSPS) is 13.4. The lowest BCUT2D eigenvalue weighted by Gasteiger charge is -2.18. The van der Waals surface area contributed by atoms with Gasteiger partial charge in [0.1, 0.15) is 5.82 Å². The molecule has 1 atom stereocenters. The van der Waals surface area contributed by atoms with E-state index in [1.807, 2.05) is 0 Å². The van der Waals surface area contributed by atoms with Crippen LogP contribution in [0.4, 0.5) is 0 Å². The van der Waals surface area contributed by atoms with Gasteiger partial charge in [-0.25, -0.2) is 4.98 Å². The Bertz CT molecular complexity index is 554. The van der Waals surface area contributed by atoms with Crippen LogP contribution >= 0.6 is 0 Å². The standard InChI is InChI=1S/C16H25N3/c1-6-9-17-13(5)16-18-14-10-12(4)7-8-15(14)19(16)11(2)3/h7-8,10-11,13,17H,6,9H2,1-5H3. The zero-order valence-corrected chi connectivity index (χ0v) is 12.7. The van der Waals surface area contributed by atoms with Gasteiger partial charge in [-0.2, -0.15) is 0 Å². The van der Waals surface area contributed by atoms with Gasteiger partial charge in [-0.05, 0) is 58.4 Å². The highest BCUT2D eigenvalue weighted by Crippen LogP contribution is 2.25. The molecule has 19 heavy (non-hydrogen) atoms. The Morgan fingerprint density at radius 1 is 1.26 bits per heavy atom. The van der Waals surface area contributed by atoms with Crippen molar-refractivity contribution in [1.82, 2.24) is 14.9 Å². The van der Waals surface area contributed by atoms with E-state index in [-0.39, 0.29) is 6.04 Å². The van der Waals surface area contributed by atoms with Crippen molar-refractivity contribution in [2.24, 2.45) is 0 Å². The maximum Gasteiger partial charge on any atom is 0.127 e. The molecule has 1 heterocycles. The topological polar surface area (TPSA) is 29.9 Å². The van der Waals surface area contributed by atoms with Crippen molar-refractivity contribution < 1.29 is 0 Å². The molecule has 0 fully saturated rings. The van der Waals surface area contributed by atoms with Crippen molar-refractivity contribution in [3.63, 3.8) is 0 Å². The monoisotopic (exact) mass is 259 g/mol. The summed E-state index contributed by atoms with van der Waals surface area (Å²) >= 11 is 0. The van der Waals surface area contributed by atoms with Crippen molar-refractivity contribution in [1.29, 1.82) is 0 Å². The number of benzene rings is 1. The predicted molar refractivity (Wildman–Crippen MR) is 81.6 cm³/mol. The summed E-state index contributed by atoms with van der Waals surface area (Å²) in [5.74, 6) is 1.14. The molecule has 3 heteroatoms. The molecule has 0 radical (unpaired) electrons. The van der Waals surface area contributed by atoms with E-state index in [0.29, 0.717) is 6.04 Å². The largest absolute Gasteiger partial charge is 0.324 e.